The molecule has 1 aliphatic rings. The van der Waals surface area contributed by atoms with Crippen molar-refractivity contribution in [1.82, 2.24) is 19.8 Å². The molecule has 0 radical (unpaired) electrons. The summed E-state index contributed by atoms with van der Waals surface area (Å²) in [6.45, 7) is 5.35. The van der Waals surface area contributed by atoms with Crippen LogP contribution in [0.5, 0.6) is 0 Å². The topological polar surface area (TPSA) is 93.3 Å². The summed E-state index contributed by atoms with van der Waals surface area (Å²) in [7, 11) is 0. The van der Waals surface area contributed by atoms with Crippen molar-refractivity contribution in [3.05, 3.63) is 65.3 Å². The summed E-state index contributed by atoms with van der Waals surface area (Å²) in [4.78, 5) is 26.9. The second-order valence-electron chi connectivity index (χ2n) is 7.06. The highest BCUT2D eigenvalue weighted by molar-refractivity contribution is 6.03. The van der Waals surface area contributed by atoms with E-state index in [1.807, 2.05) is 44.2 Å². The summed E-state index contributed by atoms with van der Waals surface area (Å²) in [6.07, 6.45) is 0. The van der Waals surface area contributed by atoms with Crippen molar-refractivity contribution >= 4 is 17.5 Å². The number of carbonyl (C=O) groups is 2. The van der Waals surface area contributed by atoms with Gasteiger partial charge in [-0.25, -0.2) is 0 Å². The van der Waals surface area contributed by atoms with Crippen LogP contribution in [0.4, 0.5) is 5.69 Å². The maximum Gasteiger partial charge on any atom is 0.276 e. The van der Waals surface area contributed by atoms with Crippen LogP contribution in [0.3, 0.4) is 0 Å². The van der Waals surface area contributed by atoms with Gasteiger partial charge in [-0.1, -0.05) is 37.2 Å². The number of anilines is 1. The van der Waals surface area contributed by atoms with E-state index in [4.69, 9.17) is 4.52 Å². The molecule has 2 amide bonds. The van der Waals surface area contributed by atoms with E-state index >= 15 is 0 Å². The van der Waals surface area contributed by atoms with Gasteiger partial charge in [-0.2, -0.15) is 5.10 Å². The first-order valence-electron chi connectivity index (χ1n) is 9.20. The van der Waals surface area contributed by atoms with Crippen LogP contribution in [-0.4, -0.2) is 38.2 Å². The number of nitrogens with zero attached hydrogens (tertiary/aromatic N) is 4. The van der Waals surface area contributed by atoms with Gasteiger partial charge in [-0.15, -0.1) is 0 Å². The number of benzene rings is 1. The van der Waals surface area contributed by atoms with Crippen LogP contribution >= 0.6 is 0 Å². The molecule has 28 heavy (non-hydrogen) atoms. The van der Waals surface area contributed by atoms with E-state index in [9.17, 15) is 9.59 Å². The highest BCUT2D eigenvalue weighted by Crippen LogP contribution is 2.20. The summed E-state index contributed by atoms with van der Waals surface area (Å²) >= 11 is 0. The number of para-hydroxylation sites is 1. The third kappa shape index (κ3) is 3.53. The minimum Gasteiger partial charge on any atom is -0.360 e. The molecule has 8 heteroatoms. The Morgan fingerprint density at radius 1 is 1.11 bits per heavy atom. The summed E-state index contributed by atoms with van der Waals surface area (Å²) in [5, 5.41) is 11.1. The molecule has 144 valence electrons. The quantitative estimate of drug-likeness (QED) is 0.752. The molecule has 0 saturated heterocycles. The van der Waals surface area contributed by atoms with Crippen LogP contribution < -0.4 is 5.32 Å². The van der Waals surface area contributed by atoms with Gasteiger partial charge >= 0.3 is 0 Å². The molecule has 0 fully saturated rings. The molecule has 0 atom stereocenters. The lowest BCUT2D eigenvalue weighted by atomic mass is 10.1. The van der Waals surface area contributed by atoms with Gasteiger partial charge in [0.2, 0.25) is 0 Å². The van der Waals surface area contributed by atoms with Crippen molar-refractivity contribution in [2.75, 3.05) is 11.9 Å². The zero-order chi connectivity index (χ0) is 19.7. The third-order valence-corrected chi connectivity index (χ3v) is 4.67. The monoisotopic (exact) mass is 379 g/mol. The molecule has 0 saturated carbocycles. The van der Waals surface area contributed by atoms with Gasteiger partial charge in [-0.05, 0) is 18.2 Å². The highest BCUT2D eigenvalue weighted by Gasteiger charge is 2.27. The van der Waals surface area contributed by atoms with Crippen LogP contribution in [0, 0.1) is 0 Å². The second kappa shape index (κ2) is 7.30. The van der Waals surface area contributed by atoms with Crippen LogP contribution in [0.1, 0.15) is 52.2 Å². The molecule has 2 aromatic heterocycles. The number of carbonyl (C=O) groups excluding carboxylic acids is 2. The summed E-state index contributed by atoms with van der Waals surface area (Å²) in [5.41, 5.74) is 2.16. The van der Waals surface area contributed by atoms with E-state index in [0.29, 0.717) is 42.5 Å². The summed E-state index contributed by atoms with van der Waals surface area (Å²) < 4.78 is 7.00. The van der Waals surface area contributed by atoms with Crippen molar-refractivity contribution in [2.24, 2.45) is 0 Å². The molecular formula is C20H21N5O3. The lowest BCUT2D eigenvalue weighted by molar-refractivity contribution is 0.0695. The van der Waals surface area contributed by atoms with Gasteiger partial charge in [0.25, 0.3) is 11.8 Å². The normalized spacial score (nSPS) is 13.5. The average molecular weight is 379 g/mol. The molecule has 0 aliphatic carbocycles. The fraction of sp³-hybridized carbons (Fsp3) is 0.300. The van der Waals surface area contributed by atoms with E-state index in [1.165, 1.54) is 0 Å². The van der Waals surface area contributed by atoms with E-state index in [-0.39, 0.29) is 17.7 Å². The minimum atomic E-state index is -0.274. The standard InChI is InChI=1S/C20H21N5O3/c1-13(2)18-11-17(23-28-18)20(27)24-8-9-25-15(12-24)10-16(22-25)19(26)21-14-6-4-3-5-7-14/h3-7,10-11,13H,8-9,12H2,1-2H3,(H,21,26). The second-order valence-corrected chi connectivity index (χ2v) is 7.06. The van der Waals surface area contributed by atoms with E-state index in [2.05, 4.69) is 15.6 Å². The Kier molecular flexibility index (Phi) is 4.68. The molecule has 1 aromatic carbocycles. The van der Waals surface area contributed by atoms with E-state index in [0.717, 1.165) is 5.69 Å². The molecule has 4 rings (SSSR count). The Bertz CT molecular complexity index is 1010. The van der Waals surface area contributed by atoms with Gasteiger partial charge in [-0.3, -0.25) is 14.3 Å². The van der Waals surface area contributed by atoms with Crippen LogP contribution in [0.25, 0.3) is 0 Å². The lowest BCUT2D eigenvalue weighted by Gasteiger charge is -2.26. The van der Waals surface area contributed by atoms with Crippen molar-refractivity contribution in [1.29, 1.82) is 0 Å². The number of amides is 2. The Labute approximate surface area is 162 Å². The van der Waals surface area contributed by atoms with Crippen molar-refractivity contribution in [3.8, 4) is 0 Å². The van der Waals surface area contributed by atoms with Crippen LogP contribution in [-0.2, 0) is 13.1 Å². The highest BCUT2D eigenvalue weighted by atomic mass is 16.5. The third-order valence-electron chi connectivity index (χ3n) is 4.67. The van der Waals surface area contributed by atoms with Crippen LogP contribution in [0.2, 0.25) is 0 Å². The van der Waals surface area contributed by atoms with Gasteiger partial charge in [0.1, 0.15) is 5.76 Å². The summed E-state index contributed by atoms with van der Waals surface area (Å²) in [5.74, 6) is 0.398. The number of nitrogens with one attached hydrogen (secondary N) is 1. The Morgan fingerprint density at radius 2 is 1.89 bits per heavy atom. The molecule has 0 spiro atoms. The zero-order valence-electron chi connectivity index (χ0n) is 15.8. The van der Waals surface area contributed by atoms with Gasteiger partial charge in [0.15, 0.2) is 11.4 Å². The van der Waals surface area contributed by atoms with Gasteiger partial charge < -0.3 is 14.7 Å². The van der Waals surface area contributed by atoms with E-state index < -0.39 is 0 Å². The SMILES string of the molecule is CC(C)c1cc(C(=O)N2CCn3nc(C(=O)Nc4ccccc4)cc3C2)no1. The first-order chi connectivity index (χ1) is 13.5. The molecule has 1 aliphatic heterocycles. The Morgan fingerprint density at radius 3 is 2.61 bits per heavy atom. The molecule has 0 bridgehead atoms. The minimum absolute atomic E-state index is 0.169. The van der Waals surface area contributed by atoms with Crippen molar-refractivity contribution in [2.45, 2.75) is 32.9 Å². The molecule has 8 nitrogen and oxygen atoms in total. The number of aromatic nitrogens is 3. The number of hydrogen-bond donors (Lipinski definition) is 1. The zero-order valence-corrected chi connectivity index (χ0v) is 15.8. The molecule has 3 heterocycles. The number of hydrogen-bond acceptors (Lipinski definition) is 5. The first-order valence-corrected chi connectivity index (χ1v) is 9.20. The smallest absolute Gasteiger partial charge is 0.276 e. The Balaban J connectivity index is 1.46. The maximum absolute atomic E-state index is 12.7. The fourth-order valence-corrected chi connectivity index (χ4v) is 3.09. The van der Waals surface area contributed by atoms with Gasteiger partial charge in [0, 0.05) is 24.2 Å². The van der Waals surface area contributed by atoms with Crippen molar-refractivity contribution in [3.63, 3.8) is 0 Å². The molecular weight excluding hydrogens is 358 g/mol. The fourth-order valence-electron chi connectivity index (χ4n) is 3.09. The molecule has 0 unspecified atom stereocenters. The molecule has 3 aromatic rings. The summed E-state index contributed by atoms with van der Waals surface area (Å²) in [6, 6.07) is 12.6. The maximum atomic E-state index is 12.7. The van der Waals surface area contributed by atoms with Gasteiger partial charge in [0.05, 0.1) is 18.8 Å². The predicted octanol–water partition coefficient (Wildman–Crippen LogP) is 2.90. The van der Waals surface area contributed by atoms with E-state index in [1.54, 1.807) is 21.7 Å². The van der Waals surface area contributed by atoms with Crippen molar-refractivity contribution < 1.29 is 14.1 Å². The number of rotatable bonds is 4. The average Bonchev–Trinajstić information content (AvgIpc) is 3.35. The molecule has 1 N–H and O–H groups in total. The first kappa shape index (κ1) is 18.0. The lowest BCUT2D eigenvalue weighted by Crippen LogP contribution is -2.38. The predicted molar refractivity (Wildman–Crippen MR) is 102 cm³/mol. The van der Waals surface area contributed by atoms with Crippen LogP contribution in [0.15, 0.2) is 47.0 Å². The number of fused-ring (bicyclic) bond motifs is 1. The Hall–Kier alpha value is -3.42. The largest absolute Gasteiger partial charge is 0.360 e.